The fourth-order valence-corrected chi connectivity index (χ4v) is 1.99. The van der Waals surface area contributed by atoms with Crippen LogP contribution >= 0.6 is 0 Å². The maximum absolute atomic E-state index is 13.9. The van der Waals surface area contributed by atoms with Crippen LogP contribution in [0.25, 0.3) is 11.1 Å². The van der Waals surface area contributed by atoms with E-state index in [0.717, 1.165) is 16.7 Å². The van der Waals surface area contributed by atoms with Gasteiger partial charge in [0.25, 0.3) is 0 Å². The Labute approximate surface area is 93.5 Å². The molecule has 1 aliphatic rings. The van der Waals surface area contributed by atoms with E-state index in [9.17, 15) is 4.39 Å². The van der Waals surface area contributed by atoms with Crippen molar-refractivity contribution in [2.75, 3.05) is 0 Å². The van der Waals surface area contributed by atoms with Crippen molar-refractivity contribution in [1.82, 2.24) is 4.98 Å². The molecule has 2 aromatic rings. The summed E-state index contributed by atoms with van der Waals surface area (Å²) in [4.78, 5) is 4.23. The second-order valence-corrected chi connectivity index (χ2v) is 4.85. The highest BCUT2D eigenvalue weighted by Crippen LogP contribution is 2.51. The van der Waals surface area contributed by atoms with E-state index in [-0.39, 0.29) is 0 Å². The number of pyridine rings is 1. The lowest BCUT2D eigenvalue weighted by molar-refractivity contribution is 0.267. The smallest absolute Gasteiger partial charge is 0.168 e. The number of nitrogens with zero attached hydrogens (tertiary/aromatic N) is 1. The van der Waals surface area contributed by atoms with Gasteiger partial charge in [-0.05, 0) is 24.8 Å². The third-order valence-corrected chi connectivity index (χ3v) is 3.19. The summed E-state index contributed by atoms with van der Waals surface area (Å²) in [5.74, 6) is 0.808. The quantitative estimate of drug-likeness (QED) is 0.765. The Morgan fingerprint density at radius 2 is 2.19 bits per heavy atom. The van der Waals surface area contributed by atoms with E-state index < -0.39 is 5.67 Å². The fourth-order valence-electron chi connectivity index (χ4n) is 1.99. The van der Waals surface area contributed by atoms with Crippen molar-refractivity contribution in [3.05, 3.63) is 29.7 Å². The molecule has 0 bridgehead atoms. The van der Waals surface area contributed by atoms with Crippen molar-refractivity contribution in [1.29, 1.82) is 0 Å². The highest BCUT2D eigenvalue weighted by atomic mass is 19.1. The molecule has 16 heavy (non-hydrogen) atoms. The van der Waals surface area contributed by atoms with Gasteiger partial charge in [0, 0.05) is 17.8 Å². The largest absolute Gasteiger partial charge is 0.456 e. The zero-order chi connectivity index (χ0) is 11.3. The van der Waals surface area contributed by atoms with Crippen LogP contribution in [0.1, 0.15) is 43.9 Å². The summed E-state index contributed by atoms with van der Waals surface area (Å²) in [5, 5.41) is 0. The van der Waals surface area contributed by atoms with Crippen LogP contribution in [0, 0.1) is 0 Å². The molecule has 0 N–H and O–H groups in total. The van der Waals surface area contributed by atoms with Crippen molar-refractivity contribution in [2.24, 2.45) is 0 Å². The number of hydrogen-bond donors (Lipinski definition) is 0. The van der Waals surface area contributed by atoms with E-state index in [4.69, 9.17) is 4.42 Å². The van der Waals surface area contributed by atoms with Crippen LogP contribution in [0.4, 0.5) is 4.39 Å². The second kappa shape index (κ2) is 3.06. The number of rotatable bonds is 2. The first-order valence-electron chi connectivity index (χ1n) is 5.68. The fraction of sp³-hybridized carbons (Fsp3) is 0.462. The molecule has 1 aliphatic carbocycles. The number of hydrogen-bond acceptors (Lipinski definition) is 2. The lowest BCUT2D eigenvalue weighted by Crippen LogP contribution is -1.93. The average molecular weight is 219 g/mol. The van der Waals surface area contributed by atoms with E-state index >= 15 is 0 Å². The van der Waals surface area contributed by atoms with Crippen molar-refractivity contribution in [2.45, 2.75) is 38.3 Å². The monoisotopic (exact) mass is 219 g/mol. The maximum Gasteiger partial charge on any atom is 0.168 e. The normalized spacial score (nSPS) is 18.2. The number of furan rings is 1. The minimum atomic E-state index is -1.21. The predicted molar refractivity (Wildman–Crippen MR) is 60.1 cm³/mol. The third-order valence-electron chi connectivity index (χ3n) is 3.19. The van der Waals surface area contributed by atoms with Crippen LogP contribution < -0.4 is 0 Å². The lowest BCUT2D eigenvalue weighted by atomic mass is 10.0. The van der Waals surface area contributed by atoms with Crippen LogP contribution in [-0.2, 0) is 5.67 Å². The van der Waals surface area contributed by atoms with Crippen molar-refractivity contribution in [3.8, 4) is 0 Å². The van der Waals surface area contributed by atoms with Gasteiger partial charge in [0.1, 0.15) is 11.3 Å². The van der Waals surface area contributed by atoms with Gasteiger partial charge in [-0.15, -0.1) is 0 Å². The molecular formula is C13H14FNO. The summed E-state index contributed by atoms with van der Waals surface area (Å²) in [7, 11) is 0. The topological polar surface area (TPSA) is 26.0 Å². The summed E-state index contributed by atoms with van der Waals surface area (Å²) >= 11 is 0. The molecule has 0 saturated heterocycles. The van der Waals surface area contributed by atoms with E-state index in [1.807, 2.05) is 6.07 Å². The van der Waals surface area contributed by atoms with Gasteiger partial charge in [-0.3, -0.25) is 4.98 Å². The van der Waals surface area contributed by atoms with E-state index in [1.54, 1.807) is 12.3 Å². The first kappa shape index (κ1) is 9.82. The molecule has 0 atom stereocenters. The average Bonchev–Trinajstić information content (AvgIpc) is 2.85. The van der Waals surface area contributed by atoms with Gasteiger partial charge >= 0.3 is 0 Å². The summed E-state index contributed by atoms with van der Waals surface area (Å²) in [5.41, 5.74) is 1.40. The molecule has 2 aromatic heterocycles. The molecule has 1 saturated carbocycles. The molecule has 0 aromatic carbocycles. The third kappa shape index (κ3) is 1.34. The van der Waals surface area contributed by atoms with Gasteiger partial charge in [-0.2, -0.15) is 0 Å². The molecule has 0 amide bonds. The highest BCUT2D eigenvalue weighted by Gasteiger charge is 2.48. The molecular weight excluding hydrogens is 205 g/mol. The molecule has 1 fully saturated rings. The Kier molecular flexibility index (Phi) is 1.88. The van der Waals surface area contributed by atoms with E-state index in [1.165, 1.54) is 0 Å². The first-order valence-corrected chi connectivity index (χ1v) is 5.68. The molecule has 0 radical (unpaired) electrons. The van der Waals surface area contributed by atoms with Crippen molar-refractivity contribution >= 4 is 11.1 Å². The van der Waals surface area contributed by atoms with Crippen LogP contribution in [0.2, 0.25) is 0 Å². The Hall–Kier alpha value is -1.38. The van der Waals surface area contributed by atoms with Crippen LogP contribution in [0.15, 0.2) is 22.7 Å². The Balaban J connectivity index is 2.20. The van der Waals surface area contributed by atoms with Gasteiger partial charge in [-0.1, -0.05) is 13.8 Å². The summed E-state index contributed by atoms with van der Waals surface area (Å²) < 4.78 is 19.5. The number of aromatic nitrogens is 1. The van der Waals surface area contributed by atoms with Gasteiger partial charge in [0.2, 0.25) is 0 Å². The van der Waals surface area contributed by atoms with Gasteiger partial charge in [-0.25, -0.2) is 4.39 Å². The van der Waals surface area contributed by atoms with Crippen LogP contribution in [-0.4, -0.2) is 4.98 Å². The van der Waals surface area contributed by atoms with Gasteiger partial charge < -0.3 is 4.42 Å². The number of halogens is 1. The van der Waals surface area contributed by atoms with Crippen LogP contribution in [0.3, 0.4) is 0 Å². The minimum Gasteiger partial charge on any atom is -0.456 e. The minimum absolute atomic E-state index is 0.360. The van der Waals surface area contributed by atoms with E-state index in [0.29, 0.717) is 24.5 Å². The summed E-state index contributed by atoms with van der Waals surface area (Å²) in [6, 6.07) is 3.69. The standard InChI is InChI=1S/C13H14FNO/c1-8(2)9-3-6-15-10-7-11(16-12(9)10)13(14)4-5-13/h3,6-8H,4-5H2,1-2H3. The van der Waals surface area contributed by atoms with Crippen molar-refractivity contribution < 1.29 is 8.81 Å². The second-order valence-electron chi connectivity index (χ2n) is 4.85. The zero-order valence-electron chi connectivity index (χ0n) is 9.46. The molecule has 0 aliphatic heterocycles. The molecule has 3 rings (SSSR count). The highest BCUT2D eigenvalue weighted by molar-refractivity contribution is 5.77. The Bertz CT molecular complexity index is 540. The predicted octanol–water partition coefficient (Wildman–Crippen LogP) is 3.91. The first-order chi connectivity index (χ1) is 7.60. The Morgan fingerprint density at radius 1 is 1.44 bits per heavy atom. The van der Waals surface area contributed by atoms with Gasteiger partial charge in [0.15, 0.2) is 11.3 Å². The number of fused-ring (bicyclic) bond motifs is 1. The molecule has 0 unspecified atom stereocenters. The van der Waals surface area contributed by atoms with Crippen LogP contribution in [0.5, 0.6) is 0 Å². The molecule has 84 valence electrons. The summed E-state index contributed by atoms with van der Waals surface area (Å²) in [6.07, 6.45) is 2.91. The van der Waals surface area contributed by atoms with E-state index in [2.05, 4.69) is 18.8 Å². The molecule has 2 heterocycles. The SMILES string of the molecule is CC(C)c1ccnc2cc(C3(F)CC3)oc12. The Morgan fingerprint density at radius 3 is 2.81 bits per heavy atom. The summed E-state index contributed by atoms with van der Waals surface area (Å²) in [6.45, 7) is 4.19. The van der Waals surface area contributed by atoms with Gasteiger partial charge in [0.05, 0.1) is 0 Å². The lowest BCUT2D eigenvalue weighted by Gasteiger charge is -2.04. The molecule has 3 heteroatoms. The molecule has 0 spiro atoms. The maximum atomic E-state index is 13.9. The zero-order valence-corrected chi connectivity index (χ0v) is 9.46. The molecule has 2 nitrogen and oxygen atoms in total. The number of alkyl halides is 1. The van der Waals surface area contributed by atoms with Crippen molar-refractivity contribution in [3.63, 3.8) is 0 Å².